The Morgan fingerprint density at radius 1 is 1.00 bits per heavy atom. The van der Waals surface area contributed by atoms with E-state index in [1.807, 2.05) is 54.6 Å². The molecular formula is C17H12BrN5OS2. The Labute approximate surface area is 166 Å². The molecule has 6 nitrogen and oxygen atoms in total. The van der Waals surface area contributed by atoms with Gasteiger partial charge in [0.2, 0.25) is 16.9 Å². The number of halogens is 1. The number of anilines is 2. The van der Waals surface area contributed by atoms with Gasteiger partial charge in [0.05, 0.1) is 5.75 Å². The van der Waals surface area contributed by atoms with Crippen molar-refractivity contribution in [3.8, 4) is 11.5 Å². The first-order valence-corrected chi connectivity index (χ1v) is 10.2. The molecule has 0 amide bonds. The van der Waals surface area contributed by atoms with Gasteiger partial charge in [0.15, 0.2) is 4.34 Å². The molecule has 0 fully saturated rings. The molecule has 0 atom stereocenters. The second-order valence-corrected chi connectivity index (χ2v) is 8.28. The molecule has 1 N–H and O–H groups in total. The minimum absolute atomic E-state index is 0.524. The first-order chi connectivity index (χ1) is 12.8. The van der Waals surface area contributed by atoms with Gasteiger partial charge in [-0.2, -0.15) is 0 Å². The zero-order valence-corrected chi connectivity index (χ0v) is 16.5. The van der Waals surface area contributed by atoms with E-state index in [1.165, 1.54) is 23.1 Å². The average molecular weight is 446 g/mol. The molecule has 9 heteroatoms. The zero-order chi connectivity index (χ0) is 17.8. The van der Waals surface area contributed by atoms with Crippen molar-refractivity contribution in [2.24, 2.45) is 0 Å². The quantitative estimate of drug-likeness (QED) is 0.398. The molecule has 0 bridgehead atoms. The molecule has 0 unspecified atom stereocenters. The van der Waals surface area contributed by atoms with Crippen molar-refractivity contribution in [1.82, 2.24) is 20.4 Å². The molecule has 4 rings (SSSR count). The van der Waals surface area contributed by atoms with Crippen molar-refractivity contribution in [3.63, 3.8) is 0 Å². The number of hydrogen-bond acceptors (Lipinski definition) is 8. The van der Waals surface area contributed by atoms with Gasteiger partial charge >= 0.3 is 0 Å². The number of rotatable bonds is 6. The minimum Gasteiger partial charge on any atom is -0.420 e. The molecule has 0 aliphatic rings. The highest BCUT2D eigenvalue weighted by Crippen LogP contribution is 2.30. The van der Waals surface area contributed by atoms with E-state index in [1.54, 1.807) is 0 Å². The smallest absolute Gasteiger partial charge is 0.247 e. The van der Waals surface area contributed by atoms with Crippen LogP contribution in [0.2, 0.25) is 0 Å². The predicted molar refractivity (Wildman–Crippen MR) is 107 cm³/mol. The maximum Gasteiger partial charge on any atom is 0.247 e. The second-order valence-electron chi connectivity index (χ2n) is 5.16. The minimum atomic E-state index is 0.524. The molecule has 2 heterocycles. The van der Waals surface area contributed by atoms with E-state index in [2.05, 4.69) is 41.6 Å². The monoisotopic (exact) mass is 445 g/mol. The van der Waals surface area contributed by atoms with Crippen LogP contribution in [0.15, 0.2) is 67.8 Å². The van der Waals surface area contributed by atoms with Crippen LogP contribution >= 0.6 is 39.0 Å². The topological polar surface area (TPSA) is 76.7 Å². The lowest BCUT2D eigenvalue weighted by Crippen LogP contribution is -1.88. The van der Waals surface area contributed by atoms with Crippen LogP contribution in [0.1, 0.15) is 5.89 Å². The fourth-order valence-electron chi connectivity index (χ4n) is 2.14. The first-order valence-electron chi connectivity index (χ1n) is 7.63. The molecule has 26 heavy (non-hydrogen) atoms. The lowest BCUT2D eigenvalue weighted by atomic mass is 10.2. The van der Waals surface area contributed by atoms with Crippen molar-refractivity contribution < 1.29 is 4.42 Å². The Balaban J connectivity index is 1.37. The first kappa shape index (κ1) is 17.2. The second kappa shape index (κ2) is 7.98. The summed E-state index contributed by atoms with van der Waals surface area (Å²) in [5.41, 5.74) is 1.86. The highest BCUT2D eigenvalue weighted by molar-refractivity contribution is 9.10. The Morgan fingerprint density at radius 2 is 1.88 bits per heavy atom. The molecule has 0 spiro atoms. The number of thioether (sulfide) groups is 1. The van der Waals surface area contributed by atoms with Gasteiger partial charge in [-0.05, 0) is 30.3 Å². The Hall–Kier alpha value is -2.23. The summed E-state index contributed by atoms with van der Waals surface area (Å²) >= 11 is 6.45. The molecule has 0 saturated carbocycles. The summed E-state index contributed by atoms with van der Waals surface area (Å²) in [5, 5.41) is 20.5. The maximum absolute atomic E-state index is 5.70. The Kier molecular flexibility index (Phi) is 5.28. The van der Waals surface area contributed by atoms with E-state index >= 15 is 0 Å². The normalized spacial score (nSPS) is 10.8. The van der Waals surface area contributed by atoms with E-state index in [4.69, 9.17) is 4.42 Å². The highest BCUT2D eigenvalue weighted by Gasteiger charge is 2.11. The van der Waals surface area contributed by atoms with Crippen LogP contribution in [0.3, 0.4) is 0 Å². The fourth-order valence-corrected chi connectivity index (χ4v) is 4.15. The van der Waals surface area contributed by atoms with Gasteiger partial charge in [-0.25, -0.2) is 0 Å². The van der Waals surface area contributed by atoms with Gasteiger partial charge in [-0.3, -0.25) is 0 Å². The molecule has 4 aromatic rings. The summed E-state index contributed by atoms with van der Waals surface area (Å²) in [5.74, 6) is 1.63. The summed E-state index contributed by atoms with van der Waals surface area (Å²) in [7, 11) is 0. The lowest BCUT2D eigenvalue weighted by Gasteiger charge is -2.01. The third kappa shape index (κ3) is 4.29. The summed E-state index contributed by atoms with van der Waals surface area (Å²) in [6, 6.07) is 17.6. The van der Waals surface area contributed by atoms with Crippen LogP contribution in [0.4, 0.5) is 10.8 Å². The van der Waals surface area contributed by atoms with E-state index in [-0.39, 0.29) is 0 Å². The molecule has 0 aliphatic carbocycles. The SMILES string of the molecule is Brc1cccc(Nc2nnc(SCc3nnc(-c4ccccc4)o3)s2)c1. The molecule has 0 radical (unpaired) electrons. The maximum atomic E-state index is 5.70. The number of nitrogens with zero attached hydrogens (tertiary/aromatic N) is 4. The molecule has 0 saturated heterocycles. The number of hydrogen-bond donors (Lipinski definition) is 1. The summed E-state index contributed by atoms with van der Waals surface area (Å²) in [4.78, 5) is 0. The molecule has 0 aliphatic heterocycles. The third-order valence-corrected chi connectivity index (χ3v) is 5.74. The van der Waals surface area contributed by atoms with E-state index in [9.17, 15) is 0 Å². The van der Waals surface area contributed by atoms with Crippen molar-refractivity contribution in [2.45, 2.75) is 10.1 Å². The predicted octanol–water partition coefficient (Wildman–Crippen LogP) is 5.39. The largest absolute Gasteiger partial charge is 0.420 e. The van der Waals surface area contributed by atoms with Gasteiger partial charge in [0.25, 0.3) is 0 Å². The number of nitrogens with one attached hydrogen (secondary N) is 1. The third-order valence-electron chi connectivity index (χ3n) is 3.29. The lowest BCUT2D eigenvalue weighted by molar-refractivity contribution is 0.528. The molecule has 2 aromatic carbocycles. The van der Waals surface area contributed by atoms with E-state index in [0.717, 1.165) is 25.2 Å². The van der Waals surface area contributed by atoms with Crippen molar-refractivity contribution >= 4 is 49.8 Å². The summed E-state index contributed by atoms with van der Waals surface area (Å²) in [6.07, 6.45) is 0. The number of benzene rings is 2. The van der Waals surface area contributed by atoms with Gasteiger partial charge in [-0.15, -0.1) is 20.4 Å². The van der Waals surface area contributed by atoms with Crippen molar-refractivity contribution in [2.75, 3.05) is 5.32 Å². The van der Waals surface area contributed by atoms with Crippen LogP contribution in [0.25, 0.3) is 11.5 Å². The van der Waals surface area contributed by atoms with Crippen LogP contribution in [0, 0.1) is 0 Å². The summed E-state index contributed by atoms with van der Waals surface area (Å²) < 4.78 is 7.54. The average Bonchev–Trinajstić information content (AvgIpc) is 3.30. The number of aromatic nitrogens is 4. The molecule has 130 valence electrons. The van der Waals surface area contributed by atoms with Crippen LogP contribution in [-0.4, -0.2) is 20.4 Å². The molecular weight excluding hydrogens is 434 g/mol. The standard InChI is InChI=1S/C17H12BrN5OS2/c18-12-7-4-8-13(9-12)19-16-22-23-17(26-16)25-10-14-20-21-15(24-14)11-5-2-1-3-6-11/h1-9H,10H2,(H,19,22). The van der Waals surface area contributed by atoms with Crippen molar-refractivity contribution in [1.29, 1.82) is 0 Å². The Morgan fingerprint density at radius 3 is 2.73 bits per heavy atom. The summed E-state index contributed by atoms with van der Waals surface area (Å²) in [6.45, 7) is 0. The van der Waals surface area contributed by atoms with Gasteiger partial charge in [0, 0.05) is 15.7 Å². The molecule has 2 aromatic heterocycles. The van der Waals surface area contributed by atoms with Gasteiger partial charge in [-0.1, -0.05) is 63.3 Å². The van der Waals surface area contributed by atoms with Gasteiger partial charge < -0.3 is 9.73 Å². The van der Waals surface area contributed by atoms with E-state index < -0.39 is 0 Å². The van der Waals surface area contributed by atoms with Crippen molar-refractivity contribution in [3.05, 3.63) is 65.0 Å². The van der Waals surface area contributed by atoms with Crippen LogP contribution < -0.4 is 5.32 Å². The van der Waals surface area contributed by atoms with Crippen LogP contribution in [-0.2, 0) is 5.75 Å². The zero-order valence-electron chi connectivity index (χ0n) is 13.3. The highest BCUT2D eigenvalue weighted by atomic mass is 79.9. The van der Waals surface area contributed by atoms with E-state index in [0.29, 0.717) is 17.5 Å². The Bertz CT molecular complexity index is 1010. The fraction of sp³-hybridized carbons (Fsp3) is 0.0588. The van der Waals surface area contributed by atoms with Crippen LogP contribution in [0.5, 0.6) is 0 Å². The van der Waals surface area contributed by atoms with Gasteiger partial charge in [0.1, 0.15) is 0 Å².